The van der Waals surface area contributed by atoms with Crippen LogP contribution in [0.1, 0.15) is 16.9 Å². The topological polar surface area (TPSA) is 111 Å². The molecule has 1 fully saturated rings. The van der Waals surface area contributed by atoms with Crippen molar-refractivity contribution >= 4 is 23.1 Å². The van der Waals surface area contributed by atoms with E-state index in [-0.39, 0.29) is 18.1 Å². The van der Waals surface area contributed by atoms with Gasteiger partial charge in [-0.1, -0.05) is 0 Å². The van der Waals surface area contributed by atoms with E-state index in [0.29, 0.717) is 18.7 Å². The lowest BCUT2D eigenvalue weighted by Crippen LogP contribution is -2.59. The summed E-state index contributed by atoms with van der Waals surface area (Å²) in [5, 5.41) is 7.05. The second kappa shape index (κ2) is 7.49. The molecule has 0 unspecified atom stereocenters. The molecule has 1 saturated heterocycles. The van der Waals surface area contributed by atoms with E-state index >= 15 is 0 Å². The molecule has 3 N–H and O–H groups in total. The molecule has 10 heteroatoms. The maximum Gasteiger partial charge on any atom is 0.272 e. The fourth-order valence-corrected chi connectivity index (χ4v) is 4.02. The zero-order valence-corrected chi connectivity index (χ0v) is 17.0. The number of nitrogens with zero attached hydrogens (tertiary/aromatic N) is 5. The van der Waals surface area contributed by atoms with Gasteiger partial charge in [-0.25, -0.2) is 14.1 Å². The van der Waals surface area contributed by atoms with Gasteiger partial charge in [0.05, 0.1) is 17.7 Å². The quantitative estimate of drug-likeness (QED) is 0.496. The molecule has 1 aliphatic rings. The highest BCUT2D eigenvalue weighted by molar-refractivity contribution is 5.98. The van der Waals surface area contributed by atoms with Crippen LogP contribution in [0.4, 0.5) is 10.2 Å². The largest absolute Gasteiger partial charge is 0.368 e. The number of halogens is 1. The number of nitrogens with one attached hydrogen (secondary N) is 1. The highest BCUT2D eigenvalue weighted by Crippen LogP contribution is 2.29. The summed E-state index contributed by atoms with van der Waals surface area (Å²) in [4.78, 5) is 31.8. The van der Waals surface area contributed by atoms with E-state index in [1.807, 2.05) is 33.8 Å². The summed E-state index contributed by atoms with van der Waals surface area (Å²) in [7, 11) is 0. The van der Waals surface area contributed by atoms with Gasteiger partial charge in [-0.15, -0.1) is 0 Å². The molecule has 0 bridgehead atoms. The van der Waals surface area contributed by atoms with Crippen molar-refractivity contribution in [3.8, 4) is 5.69 Å². The molecular formula is C22H20FN7O2. The van der Waals surface area contributed by atoms with E-state index in [4.69, 9.17) is 5.73 Å². The van der Waals surface area contributed by atoms with Crippen LogP contribution in [0.3, 0.4) is 0 Å². The molecule has 4 aromatic rings. The Kier molecular flexibility index (Phi) is 4.62. The highest BCUT2D eigenvalue weighted by atomic mass is 19.1. The number of nitrogens with two attached hydrogens (primary N) is 1. The predicted octanol–water partition coefficient (Wildman–Crippen LogP) is 1.52. The molecule has 9 nitrogen and oxygen atoms in total. The number of carbonyl (C=O) groups is 2. The second-order valence-electron chi connectivity index (χ2n) is 7.75. The number of anilines is 1. The molecule has 1 aliphatic heterocycles. The first-order valence-corrected chi connectivity index (χ1v) is 10.1. The van der Waals surface area contributed by atoms with E-state index in [1.165, 1.54) is 22.9 Å². The van der Waals surface area contributed by atoms with Crippen molar-refractivity contribution in [1.82, 2.24) is 24.5 Å². The van der Waals surface area contributed by atoms with E-state index in [9.17, 15) is 14.0 Å². The number of aromatic nitrogens is 4. The van der Waals surface area contributed by atoms with Crippen LogP contribution in [0.15, 0.2) is 67.3 Å². The Morgan fingerprint density at radius 1 is 1.09 bits per heavy atom. The monoisotopic (exact) mass is 433 g/mol. The van der Waals surface area contributed by atoms with Crippen molar-refractivity contribution in [3.63, 3.8) is 0 Å². The van der Waals surface area contributed by atoms with Gasteiger partial charge in [-0.05, 0) is 48.9 Å². The van der Waals surface area contributed by atoms with Crippen LogP contribution in [0.25, 0.3) is 11.2 Å². The Morgan fingerprint density at radius 2 is 1.91 bits per heavy atom. The van der Waals surface area contributed by atoms with Gasteiger partial charge in [0.1, 0.15) is 11.4 Å². The average molecular weight is 433 g/mol. The minimum Gasteiger partial charge on any atom is -0.368 e. The smallest absolute Gasteiger partial charge is 0.272 e. The summed E-state index contributed by atoms with van der Waals surface area (Å²) < 4.78 is 16.6. The second-order valence-corrected chi connectivity index (χ2v) is 7.75. The zero-order valence-electron chi connectivity index (χ0n) is 17.0. The Balaban J connectivity index is 1.37. The van der Waals surface area contributed by atoms with Crippen LogP contribution < -0.4 is 16.0 Å². The number of carbonyl (C=O) groups excluding carboxylic acids is 2. The molecule has 5 rings (SSSR count). The van der Waals surface area contributed by atoms with Gasteiger partial charge in [0.25, 0.3) is 5.91 Å². The molecule has 0 radical (unpaired) electrons. The SMILES string of the molecule is NC(=O)[C@]1(NC(=O)c2ccn(-c3ccc(F)cc3)n2)CCN(c2nccn3cccc23)C1. The minimum atomic E-state index is -1.25. The molecule has 0 saturated carbocycles. The Bertz CT molecular complexity index is 1310. The molecule has 32 heavy (non-hydrogen) atoms. The predicted molar refractivity (Wildman–Crippen MR) is 115 cm³/mol. The summed E-state index contributed by atoms with van der Waals surface area (Å²) in [6, 6.07) is 11.1. The molecule has 162 valence electrons. The summed E-state index contributed by atoms with van der Waals surface area (Å²) in [6.45, 7) is 0.704. The van der Waals surface area contributed by atoms with E-state index in [0.717, 1.165) is 11.3 Å². The summed E-state index contributed by atoms with van der Waals surface area (Å²) in [5.74, 6) is -0.775. The third kappa shape index (κ3) is 3.35. The zero-order chi connectivity index (χ0) is 22.3. The Labute approximate surface area is 182 Å². The maximum absolute atomic E-state index is 13.2. The van der Waals surface area contributed by atoms with Gasteiger partial charge in [0.2, 0.25) is 5.91 Å². The summed E-state index contributed by atoms with van der Waals surface area (Å²) >= 11 is 0. The van der Waals surface area contributed by atoms with Crippen LogP contribution in [-0.4, -0.2) is 49.6 Å². The summed E-state index contributed by atoms with van der Waals surface area (Å²) in [5.41, 5.74) is 6.11. The number of hydrogen-bond acceptors (Lipinski definition) is 5. The van der Waals surface area contributed by atoms with Crippen molar-refractivity contribution in [1.29, 1.82) is 0 Å². The Morgan fingerprint density at radius 3 is 2.69 bits per heavy atom. The van der Waals surface area contributed by atoms with Crippen LogP contribution in [0.2, 0.25) is 0 Å². The molecule has 0 spiro atoms. The van der Waals surface area contributed by atoms with Crippen molar-refractivity contribution < 1.29 is 14.0 Å². The van der Waals surface area contributed by atoms with E-state index in [2.05, 4.69) is 15.4 Å². The lowest BCUT2D eigenvalue weighted by molar-refractivity contribution is -0.123. The van der Waals surface area contributed by atoms with Gasteiger partial charge >= 0.3 is 0 Å². The van der Waals surface area contributed by atoms with Gasteiger partial charge in [0.15, 0.2) is 11.5 Å². The minimum absolute atomic E-state index is 0.125. The van der Waals surface area contributed by atoms with Crippen molar-refractivity contribution in [2.75, 3.05) is 18.0 Å². The number of amides is 2. The lowest BCUT2D eigenvalue weighted by atomic mass is 9.97. The first-order valence-electron chi connectivity index (χ1n) is 10.1. The van der Waals surface area contributed by atoms with Gasteiger partial charge in [-0.3, -0.25) is 9.59 Å². The Hall–Kier alpha value is -4.21. The average Bonchev–Trinajstić information content (AvgIpc) is 3.53. The van der Waals surface area contributed by atoms with Crippen LogP contribution in [-0.2, 0) is 4.79 Å². The van der Waals surface area contributed by atoms with Gasteiger partial charge in [-0.2, -0.15) is 5.10 Å². The first-order chi connectivity index (χ1) is 15.4. The number of hydrogen-bond donors (Lipinski definition) is 2. The summed E-state index contributed by atoms with van der Waals surface area (Å²) in [6.07, 6.45) is 7.38. The molecule has 1 atom stereocenters. The fraction of sp³-hybridized carbons (Fsp3) is 0.182. The van der Waals surface area contributed by atoms with E-state index < -0.39 is 17.4 Å². The number of fused-ring (bicyclic) bond motifs is 1. The van der Waals surface area contributed by atoms with Crippen LogP contribution in [0, 0.1) is 5.82 Å². The molecule has 2 amide bonds. The molecule has 1 aromatic carbocycles. The number of primary amides is 1. The molecule has 4 heterocycles. The van der Waals surface area contributed by atoms with Gasteiger partial charge < -0.3 is 20.4 Å². The molecule has 0 aliphatic carbocycles. The van der Waals surface area contributed by atoms with Crippen molar-refractivity contribution in [2.24, 2.45) is 5.73 Å². The fourth-order valence-electron chi connectivity index (χ4n) is 4.02. The number of rotatable bonds is 5. The van der Waals surface area contributed by atoms with Gasteiger partial charge in [0, 0.05) is 31.3 Å². The number of benzene rings is 1. The normalized spacial score (nSPS) is 18.2. The third-order valence-corrected chi connectivity index (χ3v) is 5.74. The van der Waals surface area contributed by atoms with Crippen molar-refractivity contribution in [2.45, 2.75) is 12.0 Å². The molecular weight excluding hydrogens is 413 g/mol. The van der Waals surface area contributed by atoms with Crippen LogP contribution >= 0.6 is 0 Å². The maximum atomic E-state index is 13.2. The standard InChI is InChI=1S/C22H20FN7O2/c23-15-3-5-16(6-4-15)30-11-7-17(27-30)20(31)26-22(21(24)32)8-12-29(14-22)19-18-2-1-10-28(18)13-9-25-19/h1-7,9-11,13H,8,12,14H2,(H2,24,32)(H,26,31)/t22-/m0/s1. The van der Waals surface area contributed by atoms with Crippen molar-refractivity contribution in [3.05, 3.63) is 78.8 Å². The third-order valence-electron chi connectivity index (χ3n) is 5.74. The highest BCUT2D eigenvalue weighted by Gasteiger charge is 2.45. The lowest BCUT2D eigenvalue weighted by Gasteiger charge is -2.27. The molecule has 3 aromatic heterocycles. The van der Waals surface area contributed by atoms with E-state index in [1.54, 1.807) is 24.5 Å². The first kappa shape index (κ1) is 19.7. The van der Waals surface area contributed by atoms with Crippen LogP contribution in [0.5, 0.6) is 0 Å².